The van der Waals surface area contributed by atoms with Gasteiger partial charge >= 0.3 is 0 Å². The molecule has 0 saturated heterocycles. The van der Waals surface area contributed by atoms with Gasteiger partial charge in [-0.25, -0.2) is 0 Å². The Morgan fingerprint density at radius 2 is 1.25 bits per heavy atom. The molecule has 2 atom stereocenters. The van der Waals surface area contributed by atoms with Gasteiger partial charge in [0.2, 0.25) is 0 Å². The molecular formula is C4H10Cl2N2. The summed E-state index contributed by atoms with van der Waals surface area (Å²) in [6.45, 7) is 0. The van der Waals surface area contributed by atoms with E-state index in [1.54, 1.807) is 14.1 Å². The predicted molar refractivity (Wildman–Crippen MR) is 37.4 cm³/mol. The van der Waals surface area contributed by atoms with Crippen LogP contribution in [0, 0.1) is 0 Å². The lowest BCUT2D eigenvalue weighted by molar-refractivity contribution is 0.620. The second-order valence-corrected chi connectivity index (χ2v) is 2.32. The summed E-state index contributed by atoms with van der Waals surface area (Å²) in [7, 11) is 3.51. The average molecular weight is 157 g/mol. The second kappa shape index (κ2) is 4.39. The zero-order chi connectivity index (χ0) is 6.57. The van der Waals surface area contributed by atoms with Crippen molar-refractivity contribution in [3.05, 3.63) is 0 Å². The van der Waals surface area contributed by atoms with Gasteiger partial charge in [-0.1, -0.05) is 0 Å². The molecule has 4 heteroatoms. The molecular weight excluding hydrogens is 147 g/mol. The van der Waals surface area contributed by atoms with Gasteiger partial charge in [0, 0.05) is 0 Å². The number of likely N-dealkylation sites (N-methyl/N-ethyl adjacent to an activating group) is 2. The van der Waals surface area contributed by atoms with E-state index in [1.807, 2.05) is 0 Å². The number of hydrogen-bond acceptors (Lipinski definition) is 2. The van der Waals surface area contributed by atoms with Crippen molar-refractivity contribution in [1.29, 1.82) is 0 Å². The fourth-order valence-electron chi connectivity index (χ4n) is 0.293. The second-order valence-electron chi connectivity index (χ2n) is 1.38. The molecule has 0 bridgehead atoms. The van der Waals surface area contributed by atoms with Crippen molar-refractivity contribution in [3.8, 4) is 0 Å². The molecule has 0 saturated carbocycles. The molecule has 50 valence electrons. The van der Waals surface area contributed by atoms with Crippen LogP contribution in [0.25, 0.3) is 0 Å². The van der Waals surface area contributed by atoms with Crippen LogP contribution in [0.3, 0.4) is 0 Å². The number of rotatable bonds is 3. The first kappa shape index (κ1) is 8.50. The van der Waals surface area contributed by atoms with Gasteiger partial charge in [-0.05, 0) is 14.1 Å². The molecule has 0 radical (unpaired) electrons. The Kier molecular flexibility index (Phi) is 4.66. The third-order valence-electron chi connectivity index (χ3n) is 0.808. The minimum absolute atomic E-state index is 0.207. The Morgan fingerprint density at radius 3 is 1.38 bits per heavy atom. The van der Waals surface area contributed by atoms with E-state index in [-0.39, 0.29) is 11.0 Å². The van der Waals surface area contributed by atoms with Crippen LogP contribution in [0.5, 0.6) is 0 Å². The van der Waals surface area contributed by atoms with Gasteiger partial charge in [-0.15, -0.1) is 23.2 Å². The smallest absolute Gasteiger partial charge is 0.112 e. The Bertz CT molecular complexity index is 52.0. The standard InChI is InChI=1S/C4H10Cl2N2/c1-7-3(5)4(6)8-2/h3-4,7-8H,1-2H3. The minimum Gasteiger partial charge on any atom is -0.302 e. The molecule has 0 aromatic rings. The van der Waals surface area contributed by atoms with Crippen LogP contribution < -0.4 is 10.6 Å². The number of nitrogens with one attached hydrogen (secondary N) is 2. The molecule has 2 N–H and O–H groups in total. The number of alkyl halides is 2. The Labute approximate surface area is 59.5 Å². The summed E-state index contributed by atoms with van der Waals surface area (Å²) in [6.07, 6.45) is 0. The average Bonchev–Trinajstić information content (AvgIpc) is 1.84. The highest BCUT2D eigenvalue weighted by molar-refractivity contribution is 6.29. The molecule has 0 amide bonds. The molecule has 0 aliphatic rings. The highest BCUT2D eigenvalue weighted by Crippen LogP contribution is 2.00. The van der Waals surface area contributed by atoms with Crippen molar-refractivity contribution in [2.45, 2.75) is 11.0 Å². The fourth-order valence-corrected chi connectivity index (χ4v) is 0.545. The first-order valence-corrected chi connectivity index (χ1v) is 3.22. The first-order valence-electron chi connectivity index (χ1n) is 2.35. The molecule has 0 spiro atoms. The summed E-state index contributed by atoms with van der Waals surface area (Å²) >= 11 is 11.2. The van der Waals surface area contributed by atoms with Crippen LogP contribution in [-0.2, 0) is 0 Å². The van der Waals surface area contributed by atoms with Crippen LogP contribution in [-0.4, -0.2) is 25.1 Å². The predicted octanol–water partition coefficient (Wildman–Crippen LogP) is 0.555. The fraction of sp³-hybridized carbons (Fsp3) is 1.00. The van der Waals surface area contributed by atoms with Crippen molar-refractivity contribution in [2.75, 3.05) is 14.1 Å². The van der Waals surface area contributed by atoms with Crippen molar-refractivity contribution in [3.63, 3.8) is 0 Å². The molecule has 0 aliphatic heterocycles. The van der Waals surface area contributed by atoms with E-state index in [1.165, 1.54) is 0 Å². The van der Waals surface area contributed by atoms with E-state index in [0.717, 1.165) is 0 Å². The summed E-state index contributed by atoms with van der Waals surface area (Å²) in [6, 6.07) is 0. The molecule has 0 aromatic carbocycles. The molecule has 0 rings (SSSR count). The van der Waals surface area contributed by atoms with Gasteiger partial charge in [-0.3, -0.25) is 0 Å². The summed E-state index contributed by atoms with van der Waals surface area (Å²) in [5.41, 5.74) is -0.414. The van der Waals surface area contributed by atoms with Crippen LogP contribution in [0.2, 0.25) is 0 Å². The molecule has 0 fully saturated rings. The lowest BCUT2D eigenvalue weighted by Gasteiger charge is -2.12. The molecule has 2 unspecified atom stereocenters. The molecule has 8 heavy (non-hydrogen) atoms. The maximum Gasteiger partial charge on any atom is 0.112 e. The maximum atomic E-state index is 5.61. The van der Waals surface area contributed by atoms with Gasteiger partial charge in [-0.2, -0.15) is 0 Å². The van der Waals surface area contributed by atoms with Crippen LogP contribution in [0.1, 0.15) is 0 Å². The van der Waals surface area contributed by atoms with Crippen molar-refractivity contribution in [2.24, 2.45) is 0 Å². The lowest BCUT2D eigenvalue weighted by atomic mass is 10.6. The largest absolute Gasteiger partial charge is 0.302 e. The normalized spacial score (nSPS) is 18.0. The summed E-state index contributed by atoms with van der Waals surface area (Å²) in [5.74, 6) is 0. The van der Waals surface area contributed by atoms with Gasteiger partial charge in [0.05, 0.1) is 0 Å². The van der Waals surface area contributed by atoms with Gasteiger partial charge < -0.3 is 10.6 Å². The van der Waals surface area contributed by atoms with E-state index < -0.39 is 0 Å². The minimum atomic E-state index is -0.207. The molecule has 0 aliphatic carbocycles. The van der Waals surface area contributed by atoms with E-state index in [4.69, 9.17) is 23.2 Å². The first-order chi connectivity index (χ1) is 3.72. The van der Waals surface area contributed by atoms with Crippen molar-refractivity contribution in [1.82, 2.24) is 10.6 Å². The Balaban J connectivity index is 3.29. The van der Waals surface area contributed by atoms with E-state index in [2.05, 4.69) is 10.6 Å². The van der Waals surface area contributed by atoms with Crippen LogP contribution >= 0.6 is 23.2 Å². The zero-order valence-electron chi connectivity index (χ0n) is 4.91. The summed E-state index contributed by atoms with van der Waals surface area (Å²) < 4.78 is 0. The van der Waals surface area contributed by atoms with Crippen molar-refractivity contribution < 1.29 is 0 Å². The maximum absolute atomic E-state index is 5.61. The molecule has 0 heterocycles. The summed E-state index contributed by atoms with van der Waals surface area (Å²) in [5, 5.41) is 5.57. The van der Waals surface area contributed by atoms with E-state index >= 15 is 0 Å². The molecule has 0 aromatic heterocycles. The van der Waals surface area contributed by atoms with Crippen LogP contribution in [0.4, 0.5) is 0 Å². The van der Waals surface area contributed by atoms with Crippen molar-refractivity contribution >= 4 is 23.2 Å². The third-order valence-corrected chi connectivity index (χ3v) is 1.88. The van der Waals surface area contributed by atoms with Crippen LogP contribution in [0.15, 0.2) is 0 Å². The van der Waals surface area contributed by atoms with Gasteiger partial charge in [0.15, 0.2) is 0 Å². The number of halogens is 2. The van der Waals surface area contributed by atoms with E-state index in [9.17, 15) is 0 Å². The summed E-state index contributed by atoms with van der Waals surface area (Å²) in [4.78, 5) is 0. The quantitative estimate of drug-likeness (QED) is 0.461. The van der Waals surface area contributed by atoms with Gasteiger partial charge in [0.25, 0.3) is 0 Å². The van der Waals surface area contributed by atoms with E-state index in [0.29, 0.717) is 0 Å². The molecule has 2 nitrogen and oxygen atoms in total. The monoisotopic (exact) mass is 156 g/mol. The highest BCUT2D eigenvalue weighted by atomic mass is 35.5. The third kappa shape index (κ3) is 2.72. The topological polar surface area (TPSA) is 24.1 Å². The Morgan fingerprint density at radius 1 is 1.00 bits per heavy atom. The highest BCUT2D eigenvalue weighted by Gasteiger charge is 2.09. The number of hydrogen-bond donors (Lipinski definition) is 2. The lowest BCUT2D eigenvalue weighted by Crippen LogP contribution is -2.37. The van der Waals surface area contributed by atoms with Gasteiger partial charge in [0.1, 0.15) is 11.0 Å². The SMILES string of the molecule is CNC(Cl)C(Cl)NC. The Hall–Kier alpha value is 0.500. The zero-order valence-corrected chi connectivity index (χ0v) is 6.42.